The van der Waals surface area contributed by atoms with Crippen LogP contribution in [-0.2, 0) is 17.7 Å². The Balaban J connectivity index is 0.00000280. The van der Waals surface area contributed by atoms with Crippen LogP contribution in [0.15, 0.2) is 16.4 Å². The minimum Gasteiger partial charge on any atom is -0.372 e. The van der Waals surface area contributed by atoms with Crippen molar-refractivity contribution in [2.45, 2.75) is 71.2 Å². The lowest BCUT2D eigenvalue weighted by Gasteiger charge is -2.38. The van der Waals surface area contributed by atoms with E-state index in [0.29, 0.717) is 12.1 Å². The summed E-state index contributed by atoms with van der Waals surface area (Å²) in [5.74, 6) is 1.03. The second-order valence-corrected chi connectivity index (χ2v) is 9.78. The van der Waals surface area contributed by atoms with E-state index in [-0.39, 0.29) is 29.6 Å². The van der Waals surface area contributed by atoms with Crippen LogP contribution < -0.4 is 5.32 Å². The Morgan fingerprint density at radius 3 is 2.68 bits per heavy atom. The zero-order chi connectivity index (χ0) is 19.4. The molecule has 1 N–H and O–H groups in total. The summed E-state index contributed by atoms with van der Waals surface area (Å²) in [4.78, 5) is 11.1. The fourth-order valence-corrected chi connectivity index (χ4v) is 4.92. The Labute approximate surface area is 191 Å². The number of aliphatic imine (C=N–C) groups is 1. The van der Waals surface area contributed by atoms with Crippen molar-refractivity contribution in [3.05, 3.63) is 21.9 Å². The summed E-state index contributed by atoms with van der Waals surface area (Å²) in [6.07, 6.45) is 3.69. The SMILES string of the molecule is CN=C(NCC(C)N1CCc2sccc2C1)N1CCC(OC(C)(C)C)CC1.I. The summed E-state index contributed by atoms with van der Waals surface area (Å²) in [6, 6.07) is 2.78. The van der Waals surface area contributed by atoms with Crippen LogP contribution in [0.3, 0.4) is 0 Å². The lowest BCUT2D eigenvalue weighted by Crippen LogP contribution is -2.51. The first-order valence-corrected chi connectivity index (χ1v) is 11.2. The fraction of sp³-hybridized carbons (Fsp3) is 0.762. The number of likely N-dealkylation sites (tertiary alicyclic amines) is 1. The van der Waals surface area contributed by atoms with E-state index in [4.69, 9.17) is 4.74 Å². The predicted molar refractivity (Wildman–Crippen MR) is 130 cm³/mol. The molecule has 0 spiro atoms. The van der Waals surface area contributed by atoms with Gasteiger partial charge in [-0.1, -0.05) is 0 Å². The van der Waals surface area contributed by atoms with E-state index < -0.39 is 0 Å². The Hall–Kier alpha value is -0.380. The van der Waals surface area contributed by atoms with Crippen LogP contribution >= 0.6 is 35.3 Å². The van der Waals surface area contributed by atoms with Crippen molar-refractivity contribution in [3.63, 3.8) is 0 Å². The molecular weight excluding hydrogens is 483 g/mol. The molecule has 2 aliphatic rings. The standard InChI is InChI=1S/C21H36N4OS.HI/c1-16(25-12-8-19-17(15-25)9-13-27-19)14-23-20(22-5)24-10-6-18(7-11-24)26-21(2,3)4;/h9,13,16,18H,6-8,10-12,14-15H2,1-5H3,(H,22,23);1H. The second kappa shape index (κ2) is 10.6. The number of piperidine rings is 1. The average molecular weight is 521 g/mol. The van der Waals surface area contributed by atoms with Crippen molar-refractivity contribution in [1.29, 1.82) is 0 Å². The molecule has 0 aliphatic carbocycles. The summed E-state index contributed by atoms with van der Waals surface area (Å²) in [7, 11) is 1.89. The molecule has 0 aromatic carbocycles. The normalized spacial score (nSPS) is 20.5. The van der Waals surface area contributed by atoms with Crippen LogP contribution in [0.1, 0.15) is 51.0 Å². The monoisotopic (exact) mass is 520 g/mol. The molecule has 2 aliphatic heterocycles. The highest BCUT2D eigenvalue weighted by Gasteiger charge is 2.26. The molecule has 0 saturated carbocycles. The molecule has 1 fully saturated rings. The van der Waals surface area contributed by atoms with Gasteiger partial charge in [-0.2, -0.15) is 0 Å². The molecule has 1 saturated heterocycles. The van der Waals surface area contributed by atoms with E-state index in [1.54, 1.807) is 4.88 Å². The maximum atomic E-state index is 6.15. The predicted octanol–water partition coefficient (Wildman–Crippen LogP) is 3.97. The molecular formula is C21H37IN4OS. The van der Waals surface area contributed by atoms with Crippen LogP contribution in [-0.4, -0.2) is 66.7 Å². The Morgan fingerprint density at radius 1 is 1.32 bits per heavy atom. The molecule has 1 aromatic heterocycles. The first-order chi connectivity index (χ1) is 12.9. The van der Waals surface area contributed by atoms with E-state index >= 15 is 0 Å². The number of thiophene rings is 1. The third-order valence-electron chi connectivity index (χ3n) is 5.49. The molecule has 7 heteroatoms. The van der Waals surface area contributed by atoms with Gasteiger partial charge in [0.1, 0.15) is 0 Å². The second-order valence-electron chi connectivity index (χ2n) is 8.78. The molecule has 5 nitrogen and oxygen atoms in total. The van der Waals surface area contributed by atoms with E-state index in [1.165, 1.54) is 12.0 Å². The van der Waals surface area contributed by atoms with Gasteiger partial charge in [-0.05, 0) is 64.0 Å². The number of guanidine groups is 1. The minimum atomic E-state index is -0.0566. The summed E-state index contributed by atoms with van der Waals surface area (Å²) < 4.78 is 6.15. The largest absolute Gasteiger partial charge is 0.372 e. The number of nitrogens with one attached hydrogen (secondary N) is 1. The van der Waals surface area contributed by atoms with Crippen LogP contribution in [0.25, 0.3) is 0 Å². The van der Waals surface area contributed by atoms with E-state index in [9.17, 15) is 0 Å². The fourth-order valence-electron chi connectivity index (χ4n) is 4.03. The first kappa shape index (κ1) is 23.9. The minimum absolute atomic E-state index is 0. The third-order valence-corrected chi connectivity index (χ3v) is 6.51. The highest BCUT2D eigenvalue weighted by molar-refractivity contribution is 14.0. The average Bonchev–Trinajstić information content (AvgIpc) is 3.09. The zero-order valence-corrected chi connectivity index (χ0v) is 21.2. The summed E-state index contributed by atoms with van der Waals surface area (Å²) in [5.41, 5.74) is 1.46. The van der Waals surface area contributed by atoms with Crippen LogP contribution in [0.2, 0.25) is 0 Å². The molecule has 28 heavy (non-hydrogen) atoms. The Morgan fingerprint density at radius 2 is 2.04 bits per heavy atom. The van der Waals surface area contributed by atoms with Gasteiger partial charge < -0.3 is 15.0 Å². The number of halogens is 1. The van der Waals surface area contributed by atoms with Gasteiger partial charge in [0.25, 0.3) is 0 Å². The molecule has 1 aromatic rings. The smallest absolute Gasteiger partial charge is 0.193 e. The summed E-state index contributed by atoms with van der Waals surface area (Å²) in [5, 5.41) is 5.84. The number of rotatable bonds is 4. The van der Waals surface area contributed by atoms with Crippen LogP contribution in [0.5, 0.6) is 0 Å². The van der Waals surface area contributed by atoms with Gasteiger partial charge in [0.05, 0.1) is 11.7 Å². The van der Waals surface area contributed by atoms with Gasteiger partial charge in [-0.25, -0.2) is 0 Å². The quantitative estimate of drug-likeness (QED) is 0.371. The van der Waals surface area contributed by atoms with Gasteiger partial charge >= 0.3 is 0 Å². The Kier molecular flexibility index (Phi) is 9.04. The molecule has 0 bridgehead atoms. The van der Waals surface area contributed by atoms with Crippen molar-refractivity contribution < 1.29 is 4.74 Å². The maximum absolute atomic E-state index is 6.15. The van der Waals surface area contributed by atoms with Crippen molar-refractivity contribution >= 4 is 41.3 Å². The topological polar surface area (TPSA) is 40.1 Å². The zero-order valence-electron chi connectivity index (χ0n) is 18.0. The maximum Gasteiger partial charge on any atom is 0.193 e. The van der Waals surface area contributed by atoms with E-state index in [1.807, 2.05) is 18.4 Å². The van der Waals surface area contributed by atoms with Crippen LogP contribution in [0.4, 0.5) is 0 Å². The molecule has 1 atom stereocenters. The van der Waals surface area contributed by atoms with Gasteiger partial charge in [0.2, 0.25) is 0 Å². The summed E-state index contributed by atoms with van der Waals surface area (Å²) >= 11 is 1.90. The highest BCUT2D eigenvalue weighted by Crippen LogP contribution is 2.25. The van der Waals surface area contributed by atoms with Gasteiger partial charge in [-0.3, -0.25) is 9.89 Å². The Bertz CT molecular complexity index is 635. The first-order valence-electron chi connectivity index (χ1n) is 10.3. The van der Waals surface area contributed by atoms with E-state index in [0.717, 1.165) is 51.5 Å². The molecule has 0 amide bonds. The lowest BCUT2D eigenvalue weighted by molar-refractivity contribution is -0.0773. The van der Waals surface area contributed by atoms with Crippen molar-refractivity contribution in [2.75, 3.05) is 33.2 Å². The number of hydrogen-bond acceptors (Lipinski definition) is 4. The number of hydrogen-bond donors (Lipinski definition) is 1. The van der Waals surface area contributed by atoms with Gasteiger partial charge in [0.15, 0.2) is 5.96 Å². The van der Waals surface area contributed by atoms with Crippen molar-refractivity contribution in [3.8, 4) is 0 Å². The molecule has 3 rings (SSSR count). The van der Waals surface area contributed by atoms with Gasteiger partial charge in [-0.15, -0.1) is 35.3 Å². The van der Waals surface area contributed by atoms with Crippen molar-refractivity contribution in [1.82, 2.24) is 15.1 Å². The lowest BCUT2D eigenvalue weighted by atomic mass is 10.1. The highest BCUT2D eigenvalue weighted by atomic mass is 127. The molecule has 160 valence electrons. The summed E-state index contributed by atoms with van der Waals surface area (Å²) in [6.45, 7) is 13.9. The molecule has 1 unspecified atom stereocenters. The number of fused-ring (bicyclic) bond motifs is 1. The number of nitrogens with zero attached hydrogens (tertiary/aromatic N) is 3. The van der Waals surface area contributed by atoms with E-state index in [2.05, 4.69) is 59.3 Å². The molecule has 0 radical (unpaired) electrons. The third kappa shape index (κ3) is 6.57. The van der Waals surface area contributed by atoms with Gasteiger partial charge in [0, 0.05) is 50.7 Å². The number of ether oxygens (including phenoxy) is 1. The molecule has 3 heterocycles. The van der Waals surface area contributed by atoms with Crippen molar-refractivity contribution in [2.24, 2.45) is 4.99 Å². The van der Waals surface area contributed by atoms with Crippen LogP contribution in [0, 0.1) is 0 Å².